The van der Waals surface area contributed by atoms with Crippen LogP contribution in [0.25, 0.3) is 21.7 Å². The van der Waals surface area contributed by atoms with Crippen molar-refractivity contribution in [2.75, 3.05) is 0 Å². The lowest BCUT2D eigenvalue weighted by Gasteiger charge is -1.96. The summed E-state index contributed by atoms with van der Waals surface area (Å²) in [5.74, 6) is 0.574. The minimum atomic E-state index is -0.189. The van der Waals surface area contributed by atoms with Crippen molar-refractivity contribution in [3.63, 3.8) is 0 Å². The van der Waals surface area contributed by atoms with Crippen LogP contribution < -0.4 is 10.1 Å². The second-order valence-corrected chi connectivity index (χ2v) is 7.47. The first-order valence-electron chi connectivity index (χ1n) is 6.52. The predicted octanol–water partition coefficient (Wildman–Crippen LogP) is 3.73. The summed E-state index contributed by atoms with van der Waals surface area (Å²) in [4.78, 5) is 18.4. The standard InChI is InChI=1S/C15H7Cl2N3OS2/c16-9-4-3-8(6-10(9)17)7-12-14(21)20-15(23-12)18-13(19-20)11-2-1-5-22-11/h1-7H/b12-7-. The molecular weight excluding hydrogens is 373 g/mol. The Labute approximate surface area is 148 Å². The number of hydrogen-bond acceptors (Lipinski definition) is 5. The lowest BCUT2D eigenvalue weighted by Crippen LogP contribution is -2.23. The molecule has 0 aliphatic heterocycles. The zero-order valence-corrected chi connectivity index (χ0v) is 14.5. The van der Waals surface area contributed by atoms with Gasteiger partial charge in [0, 0.05) is 0 Å². The van der Waals surface area contributed by atoms with Gasteiger partial charge in [0.05, 0.1) is 19.5 Å². The molecule has 114 valence electrons. The molecule has 23 heavy (non-hydrogen) atoms. The monoisotopic (exact) mass is 379 g/mol. The number of hydrogen-bond donors (Lipinski definition) is 0. The minimum absolute atomic E-state index is 0.189. The number of thiazole rings is 1. The zero-order valence-electron chi connectivity index (χ0n) is 11.4. The molecule has 0 N–H and O–H groups in total. The van der Waals surface area contributed by atoms with Crippen LogP contribution in [0.1, 0.15) is 5.56 Å². The molecule has 4 rings (SSSR count). The summed E-state index contributed by atoms with van der Waals surface area (Å²) in [7, 11) is 0. The normalized spacial score (nSPS) is 12.3. The third-order valence-corrected chi connectivity index (χ3v) is 5.73. The molecule has 0 bridgehead atoms. The Hall–Kier alpha value is -1.73. The summed E-state index contributed by atoms with van der Waals surface area (Å²) < 4.78 is 1.89. The quantitative estimate of drug-likeness (QED) is 0.532. The van der Waals surface area contributed by atoms with Crippen molar-refractivity contribution in [2.45, 2.75) is 0 Å². The molecule has 3 heterocycles. The second kappa shape index (κ2) is 5.72. The SMILES string of the molecule is O=c1/c(=C/c2ccc(Cl)c(Cl)c2)sc2nc(-c3cccs3)nn12. The van der Waals surface area contributed by atoms with E-state index in [0.717, 1.165) is 10.4 Å². The van der Waals surface area contributed by atoms with Crippen LogP contribution >= 0.6 is 45.9 Å². The summed E-state index contributed by atoms with van der Waals surface area (Å²) in [6.07, 6.45) is 1.76. The maximum absolute atomic E-state index is 12.5. The number of nitrogens with zero attached hydrogens (tertiary/aromatic N) is 3. The predicted molar refractivity (Wildman–Crippen MR) is 95.7 cm³/mol. The van der Waals surface area contributed by atoms with Gasteiger partial charge in [-0.05, 0) is 35.2 Å². The van der Waals surface area contributed by atoms with Gasteiger partial charge in [-0.2, -0.15) is 9.50 Å². The zero-order chi connectivity index (χ0) is 16.0. The van der Waals surface area contributed by atoms with E-state index in [-0.39, 0.29) is 5.56 Å². The summed E-state index contributed by atoms with van der Waals surface area (Å²) in [5.41, 5.74) is 0.617. The van der Waals surface area contributed by atoms with Crippen molar-refractivity contribution in [3.05, 3.63) is 66.2 Å². The smallest absolute Gasteiger partial charge is 0.266 e. The van der Waals surface area contributed by atoms with E-state index in [1.807, 2.05) is 17.5 Å². The summed E-state index contributed by atoms with van der Waals surface area (Å²) in [5, 5.41) is 7.18. The van der Waals surface area contributed by atoms with Gasteiger partial charge >= 0.3 is 0 Å². The molecule has 0 spiro atoms. The average Bonchev–Trinajstić information content (AvgIpc) is 3.22. The number of benzene rings is 1. The molecule has 4 nitrogen and oxygen atoms in total. The molecule has 0 radical (unpaired) electrons. The lowest BCUT2D eigenvalue weighted by molar-refractivity contribution is 0.938. The minimum Gasteiger partial charge on any atom is -0.266 e. The topological polar surface area (TPSA) is 47.3 Å². The fraction of sp³-hybridized carbons (Fsp3) is 0. The number of fused-ring (bicyclic) bond motifs is 1. The van der Waals surface area contributed by atoms with E-state index in [0.29, 0.717) is 25.4 Å². The molecule has 0 aliphatic rings. The van der Waals surface area contributed by atoms with Gasteiger partial charge in [-0.15, -0.1) is 16.4 Å². The highest BCUT2D eigenvalue weighted by molar-refractivity contribution is 7.15. The second-order valence-electron chi connectivity index (χ2n) is 4.70. The molecule has 3 aromatic heterocycles. The van der Waals surface area contributed by atoms with Gasteiger partial charge in [-0.1, -0.05) is 46.7 Å². The van der Waals surface area contributed by atoms with Crippen molar-refractivity contribution >= 4 is 56.9 Å². The Kier molecular flexibility index (Phi) is 3.69. The average molecular weight is 380 g/mol. The van der Waals surface area contributed by atoms with Crippen molar-refractivity contribution in [1.29, 1.82) is 0 Å². The molecule has 0 atom stereocenters. The van der Waals surface area contributed by atoms with Crippen LogP contribution in [0, 0.1) is 0 Å². The molecule has 0 saturated heterocycles. The summed E-state index contributed by atoms with van der Waals surface area (Å²) >= 11 is 14.7. The van der Waals surface area contributed by atoms with Crippen LogP contribution in [-0.4, -0.2) is 14.6 Å². The van der Waals surface area contributed by atoms with Crippen LogP contribution in [0.2, 0.25) is 10.0 Å². The fourth-order valence-electron chi connectivity index (χ4n) is 2.10. The molecule has 1 aromatic carbocycles. The van der Waals surface area contributed by atoms with Crippen LogP contribution in [0.4, 0.5) is 0 Å². The maximum Gasteiger partial charge on any atom is 0.291 e. The maximum atomic E-state index is 12.5. The van der Waals surface area contributed by atoms with E-state index in [1.165, 1.54) is 27.2 Å². The van der Waals surface area contributed by atoms with Gasteiger partial charge in [-0.3, -0.25) is 4.79 Å². The van der Waals surface area contributed by atoms with E-state index in [4.69, 9.17) is 23.2 Å². The Bertz CT molecular complexity index is 1120. The van der Waals surface area contributed by atoms with Gasteiger partial charge in [-0.25, -0.2) is 0 Å². The molecule has 4 aromatic rings. The van der Waals surface area contributed by atoms with Crippen LogP contribution in [0.5, 0.6) is 0 Å². The fourth-order valence-corrected chi connectivity index (χ4v) is 3.96. The van der Waals surface area contributed by atoms with E-state index >= 15 is 0 Å². The van der Waals surface area contributed by atoms with Gasteiger partial charge in [0.25, 0.3) is 5.56 Å². The van der Waals surface area contributed by atoms with Gasteiger partial charge < -0.3 is 0 Å². The van der Waals surface area contributed by atoms with Crippen LogP contribution in [-0.2, 0) is 0 Å². The molecule has 0 aliphatic carbocycles. The van der Waals surface area contributed by atoms with Crippen molar-refractivity contribution < 1.29 is 0 Å². The third kappa shape index (κ3) is 2.68. The van der Waals surface area contributed by atoms with Crippen molar-refractivity contribution in [1.82, 2.24) is 14.6 Å². The molecule has 0 amide bonds. The molecule has 8 heteroatoms. The van der Waals surface area contributed by atoms with E-state index < -0.39 is 0 Å². The molecule has 0 saturated carbocycles. The highest BCUT2D eigenvalue weighted by Gasteiger charge is 2.12. The highest BCUT2D eigenvalue weighted by Crippen LogP contribution is 2.23. The number of aromatic nitrogens is 3. The van der Waals surface area contributed by atoms with Crippen LogP contribution in [0.3, 0.4) is 0 Å². The number of halogens is 2. The largest absolute Gasteiger partial charge is 0.291 e. The van der Waals surface area contributed by atoms with E-state index in [2.05, 4.69) is 10.1 Å². The number of rotatable bonds is 2. The van der Waals surface area contributed by atoms with Gasteiger partial charge in [0.1, 0.15) is 0 Å². The van der Waals surface area contributed by atoms with Gasteiger partial charge in [0.15, 0.2) is 5.82 Å². The summed E-state index contributed by atoms with van der Waals surface area (Å²) in [6.45, 7) is 0. The first-order valence-corrected chi connectivity index (χ1v) is 8.97. The van der Waals surface area contributed by atoms with E-state index in [9.17, 15) is 4.79 Å². The Morgan fingerprint density at radius 1 is 1.17 bits per heavy atom. The van der Waals surface area contributed by atoms with Crippen molar-refractivity contribution in [3.8, 4) is 10.7 Å². The van der Waals surface area contributed by atoms with E-state index in [1.54, 1.807) is 24.3 Å². The van der Waals surface area contributed by atoms with Crippen LogP contribution in [0.15, 0.2) is 40.5 Å². The first-order chi connectivity index (χ1) is 11.1. The third-order valence-electron chi connectivity index (χ3n) is 3.16. The molecule has 0 fully saturated rings. The number of thiophene rings is 1. The highest BCUT2D eigenvalue weighted by atomic mass is 35.5. The molecular formula is C15H7Cl2N3OS2. The lowest BCUT2D eigenvalue weighted by atomic mass is 10.2. The Balaban J connectivity index is 1.84. The molecule has 0 unspecified atom stereocenters. The summed E-state index contributed by atoms with van der Waals surface area (Å²) in [6, 6.07) is 9.08. The first kappa shape index (κ1) is 14.8. The Morgan fingerprint density at radius 2 is 2.04 bits per heavy atom. The Morgan fingerprint density at radius 3 is 2.74 bits per heavy atom. The van der Waals surface area contributed by atoms with Crippen molar-refractivity contribution in [2.24, 2.45) is 0 Å². The van der Waals surface area contributed by atoms with Gasteiger partial charge in [0.2, 0.25) is 4.96 Å².